The topological polar surface area (TPSA) is 84.3 Å². The molecule has 0 aliphatic rings. The first kappa shape index (κ1) is 14.5. The van der Waals surface area contributed by atoms with Gasteiger partial charge >= 0.3 is 0 Å². The molecule has 2 aromatic carbocycles. The van der Waals surface area contributed by atoms with Gasteiger partial charge in [0.05, 0.1) is 10.5 Å². The van der Waals surface area contributed by atoms with E-state index in [2.05, 4.69) is 10.6 Å². The predicted octanol–water partition coefficient (Wildman–Crippen LogP) is 3.20. The molecule has 0 bridgehead atoms. The molecule has 108 valence electrons. The summed E-state index contributed by atoms with van der Waals surface area (Å²) < 4.78 is 0. The maximum Gasteiger partial charge on any atom is 0.293 e. The largest absolute Gasteiger partial charge is 0.382 e. The van der Waals surface area contributed by atoms with Gasteiger partial charge in [-0.25, -0.2) is 0 Å². The third-order valence-electron chi connectivity index (χ3n) is 3.04. The second-order valence-electron chi connectivity index (χ2n) is 4.53. The van der Waals surface area contributed by atoms with E-state index in [0.29, 0.717) is 5.69 Å². The number of para-hydroxylation sites is 1. The fourth-order valence-corrected chi connectivity index (χ4v) is 1.98. The molecule has 0 spiro atoms. The van der Waals surface area contributed by atoms with Gasteiger partial charge in [0.1, 0.15) is 5.69 Å². The lowest BCUT2D eigenvalue weighted by Gasteiger charge is -2.10. The van der Waals surface area contributed by atoms with Crippen molar-refractivity contribution < 1.29 is 9.72 Å². The number of anilines is 2. The van der Waals surface area contributed by atoms with E-state index in [1.807, 2.05) is 19.1 Å². The van der Waals surface area contributed by atoms with Gasteiger partial charge in [0.2, 0.25) is 0 Å². The number of nitrogens with one attached hydrogen (secondary N) is 2. The SMILES string of the molecule is CNc1c(C(=O)Nc2ccc(C)cc2)cccc1[N+](=O)[O-]. The van der Waals surface area contributed by atoms with E-state index in [9.17, 15) is 14.9 Å². The van der Waals surface area contributed by atoms with Gasteiger partial charge in [-0.3, -0.25) is 14.9 Å². The zero-order valence-corrected chi connectivity index (χ0v) is 11.7. The Balaban J connectivity index is 2.33. The fourth-order valence-electron chi connectivity index (χ4n) is 1.98. The molecule has 0 heterocycles. The summed E-state index contributed by atoms with van der Waals surface area (Å²) in [6, 6.07) is 11.7. The van der Waals surface area contributed by atoms with Crippen LogP contribution in [0.5, 0.6) is 0 Å². The maximum atomic E-state index is 12.3. The highest BCUT2D eigenvalue weighted by Crippen LogP contribution is 2.28. The molecule has 0 saturated heterocycles. The number of carbonyl (C=O) groups excluding carboxylic acids is 1. The van der Waals surface area contributed by atoms with E-state index in [-0.39, 0.29) is 16.9 Å². The summed E-state index contributed by atoms with van der Waals surface area (Å²) in [6.07, 6.45) is 0. The Hall–Kier alpha value is -2.89. The number of carbonyl (C=O) groups is 1. The Morgan fingerprint density at radius 3 is 2.38 bits per heavy atom. The third kappa shape index (κ3) is 3.17. The Bertz CT molecular complexity index is 681. The van der Waals surface area contributed by atoms with Crippen LogP contribution in [0.1, 0.15) is 15.9 Å². The quantitative estimate of drug-likeness (QED) is 0.667. The minimum atomic E-state index is -0.519. The van der Waals surface area contributed by atoms with E-state index in [1.54, 1.807) is 25.2 Å². The summed E-state index contributed by atoms with van der Waals surface area (Å²) in [5, 5.41) is 16.4. The molecule has 2 aromatic rings. The van der Waals surface area contributed by atoms with E-state index in [1.165, 1.54) is 12.1 Å². The van der Waals surface area contributed by atoms with Crippen molar-refractivity contribution in [3.63, 3.8) is 0 Å². The van der Waals surface area contributed by atoms with Gasteiger partial charge in [0.25, 0.3) is 11.6 Å². The zero-order chi connectivity index (χ0) is 15.4. The molecule has 0 atom stereocenters. The highest BCUT2D eigenvalue weighted by molar-refractivity contribution is 6.09. The van der Waals surface area contributed by atoms with Crippen molar-refractivity contribution in [2.75, 3.05) is 17.7 Å². The van der Waals surface area contributed by atoms with E-state index in [4.69, 9.17) is 0 Å². The van der Waals surface area contributed by atoms with Crippen LogP contribution in [-0.2, 0) is 0 Å². The molecule has 6 heteroatoms. The van der Waals surface area contributed by atoms with Crippen molar-refractivity contribution in [1.29, 1.82) is 0 Å². The van der Waals surface area contributed by atoms with Crippen LogP contribution in [-0.4, -0.2) is 17.9 Å². The molecule has 0 aliphatic carbocycles. The number of amides is 1. The Kier molecular flexibility index (Phi) is 4.18. The van der Waals surface area contributed by atoms with Gasteiger partial charge in [-0.15, -0.1) is 0 Å². The summed E-state index contributed by atoms with van der Waals surface area (Å²) in [6.45, 7) is 1.95. The first-order valence-electron chi connectivity index (χ1n) is 6.36. The standard InChI is InChI=1S/C15H15N3O3/c1-10-6-8-11(9-7-10)17-15(19)12-4-3-5-13(18(20)21)14(12)16-2/h3-9,16H,1-2H3,(H,17,19). The van der Waals surface area contributed by atoms with E-state index >= 15 is 0 Å². The molecule has 0 unspecified atom stereocenters. The monoisotopic (exact) mass is 285 g/mol. The summed E-state index contributed by atoms with van der Waals surface area (Å²) in [5.41, 5.74) is 2.02. The number of hydrogen-bond acceptors (Lipinski definition) is 4. The normalized spacial score (nSPS) is 10.0. The van der Waals surface area contributed by atoms with Gasteiger partial charge in [-0.2, -0.15) is 0 Å². The first-order chi connectivity index (χ1) is 10.0. The third-order valence-corrected chi connectivity index (χ3v) is 3.04. The van der Waals surface area contributed by atoms with Crippen LogP contribution in [0.4, 0.5) is 17.1 Å². The fraction of sp³-hybridized carbons (Fsp3) is 0.133. The number of nitro benzene ring substituents is 1. The Morgan fingerprint density at radius 2 is 1.81 bits per heavy atom. The van der Waals surface area contributed by atoms with Crippen LogP contribution in [0.3, 0.4) is 0 Å². The molecule has 0 radical (unpaired) electrons. The minimum absolute atomic E-state index is 0.131. The van der Waals surface area contributed by atoms with Gasteiger partial charge in [-0.1, -0.05) is 23.8 Å². The lowest BCUT2D eigenvalue weighted by atomic mass is 10.1. The second-order valence-corrected chi connectivity index (χ2v) is 4.53. The predicted molar refractivity (Wildman–Crippen MR) is 81.8 cm³/mol. The minimum Gasteiger partial charge on any atom is -0.382 e. The highest BCUT2D eigenvalue weighted by Gasteiger charge is 2.20. The van der Waals surface area contributed by atoms with Crippen molar-refractivity contribution in [3.05, 3.63) is 63.7 Å². The van der Waals surface area contributed by atoms with Gasteiger partial charge in [0, 0.05) is 18.8 Å². The highest BCUT2D eigenvalue weighted by atomic mass is 16.6. The molecule has 1 amide bonds. The molecule has 0 fully saturated rings. The number of nitrogens with zero attached hydrogens (tertiary/aromatic N) is 1. The van der Waals surface area contributed by atoms with Crippen LogP contribution in [0.15, 0.2) is 42.5 Å². The number of hydrogen-bond donors (Lipinski definition) is 2. The summed E-state index contributed by atoms with van der Waals surface area (Å²) >= 11 is 0. The average molecular weight is 285 g/mol. The second kappa shape index (κ2) is 6.04. The van der Waals surface area contributed by atoms with Crippen LogP contribution in [0.25, 0.3) is 0 Å². The smallest absolute Gasteiger partial charge is 0.293 e. The molecule has 6 nitrogen and oxygen atoms in total. The van der Waals surface area contributed by atoms with Gasteiger partial charge in [-0.05, 0) is 25.1 Å². The van der Waals surface area contributed by atoms with Crippen molar-refractivity contribution in [1.82, 2.24) is 0 Å². The number of aryl methyl sites for hydroxylation is 1. The first-order valence-corrected chi connectivity index (χ1v) is 6.36. The Labute approximate surface area is 121 Å². The molecule has 2 N–H and O–H groups in total. The molecule has 21 heavy (non-hydrogen) atoms. The van der Waals surface area contributed by atoms with Gasteiger partial charge < -0.3 is 10.6 Å². The Morgan fingerprint density at radius 1 is 1.14 bits per heavy atom. The molecule has 0 saturated carbocycles. The van der Waals surface area contributed by atoms with Crippen molar-refractivity contribution in [2.45, 2.75) is 6.92 Å². The summed E-state index contributed by atoms with van der Waals surface area (Å²) in [7, 11) is 1.55. The van der Waals surface area contributed by atoms with Gasteiger partial charge in [0.15, 0.2) is 0 Å². The van der Waals surface area contributed by atoms with Crippen LogP contribution < -0.4 is 10.6 Å². The van der Waals surface area contributed by atoms with Crippen LogP contribution >= 0.6 is 0 Å². The molecular formula is C15H15N3O3. The van der Waals surface area contributed by atoms with E-state index in [0.717, 1.165) is 5.56 Å². The lowest BCUT2D eigenvalue weighted by Crippen LogP contribution is -2.14. The zero-order valence-electron chi connectivity index (χ0n) is 11.7. The number of nitro groups is 1. The molecule has 0 aromatic heterocycles. The average Bonchev–Trinajstić information content (AvgIpc) is 2.48. The van der Waals surface area contributed by atoms with Crippen molar-refractivity contribution >= 4 is 23.0 Å². The number of benzene rings is 2. The molecule has 0 aliphatic heterocycles. The van der Waals surface area contributed by atoms with E-state index < -0.39 is 10.8 Å². The van der Waals surface area contributed by atoms with Crippen LogP contribution in [0.2, 0.25) is 0 Å². The lowest BCUT2D eigenvalue weighted by molar-refractivity contribution is -0.384. The summed E-state index contributed by atoms with van der Waals surface area (Å²) in [4.78, 5) is 22.7. The van der Waals surface area contributed by atoms with Crippen molar-refractivity contribution in [3.8, 4) is 0 Å². The summed E-state index contributed by atoms with van der Waals surface area (Å²) in [5.74, 6) is -0.396. The van der Waals surface area contributed by atoms with Crippen LogP contribution in [0, 0.1) is 17.0 Å². The molecule has 2 rings (SSSR count). The molecular weight excluding hydrogens is 270 g/mol. The van der Waals surface area contributed by atoms with Crippen molar-refractivity contribution in [2.24, 2.45) is 0 Å². The number of rotatable bonds is 4. The maximum absolute atomic E-state index is 12.3.